The van der Waals surface area contributed by atoms with E-state index >= 15 is 0 Å². The van der Waals surface area contributed by atoms with E-state index in [1.165, 1.54) is 43.6 Å². The minimum absolute atomic E-state index is 0.473. The molecule has 2 aromatic heterocycles. The topological polar surface area (TPSA) is 35.0 Å². The van der Waals surface area contributed by atoms with Crippen LogP contribution in [0.25, 0.3) is 65.2 Å². The molecule has 7 aromatic carbocycles. The van der Waals surface area contributed by atoms with Crippen molar-refractivity contribution in [3.05, 3.63) is 192 Å². The second-order valence-electron chi connectivity index (χ2n) is 13.3. The summed E-state index contributed by atoms with van der Waals surface area (Å²) in [6, 6.07) is 60.6. The molecule has 3 nitrogen and oxygen atoms in total. The molecule has 1 spiro atoms. The molecule has 4 heteroatoms. The maximum Gasteiger partial charge on any atom is 0.160 e. The van der Waals surface area contributed by atoms with Crippen LogP contribution in [0.4, 0.5) is 0 Å². The lowest BCUT2D eigenvalue weighted by molar-refractivity contribution is 0.436. The zero-order valence-electron chi connectivity index (χ0n) is 27.4. The maximum atomic E-state index is 6.52. The molecule has 9 aromatic rings. The van der Waals surface area contributed by atoms with Gasteiger partial charge in [-0.05, 0) is 63.7 Å². The Morgan fingerprint density at radius 1 is 0.451 bits per heavy atom. The second-order valence-corrected chi connectivity index (χ2v) is 14.3. The molecule has 0 radical (unpaired) electrons. The minimum Gasteiger partial charge on any atom is -0.457 e. The van der Waals surface area contributed by atoms with Crippen molar-refractivity contribution in [3.63, 3.8) is 0 Å². The Hall–Kier alpha value is -6.36. The highest BCUT2D eigenvalue weighted by atomic mass is 32.1. The molecule has 238 valence electrons. The van der Waals surface area contributed by atoms with Crippen molar-refractivity contribution in [2.45, 2.75) is 5.41 Å². The fourth-order valence-electron chi connectivity index (χ4n) is 8.39. The number of benzene rings is 7. The Bertz CT molecular complexity index is 2810. The largest absolute Gasteiger partial charge is 0.457 e. The van der Waals surface area contributed by atoms with Crippen molar-refractivity contribution < 1.29 is 4.74 Å². The number of hydrogen-bond acceptors (Lipinski definition) is 4. The molecular formula is C47H28N2OS. The summed E-state index contributed by atoms with van der Waals surface area (Å²) < 4.78 is 8.84. The van der Waals surface area contributed by atoms with E-state index < -0.39 is 5.41 Å². The number of nitrogens with zero attached hydrogens (tertiary/aromatic N) is 2. The summed E-state index contributed by atoms with van der Waals surface area (Å²) in [5.74, 6) is 2.55. The average molecular weight is 669 g/mol. The Kier molecular flexibility index (Phi) is 6.04. The smallest absolute Gasteiger partial charge is 0.160 e. The summed E-state index contributed by atoms with van der Waals surface area (Å²) in [5, 5.41) is 1.16. The summed E-state index contributed by atoms with van der Waals surface area (Å²) in [4.78, 5) is 10.4. The molecule has 51 heavy (non-hydrogen) atoms. The molecule has 0 saturated carbocycles. The normalized spacial score (nSPS) is 13.4. The molecule has 0 unspecified atom stereocenters. The van der Waals surface area contributed by atoms with Crippen LogP contribution in [0.3, 0.4) is 0 Å². The van der Waals surface area contributed by atoms with Gasteiger partial charge in [0.2, 0.25) is 0 Å². The fourth-order valence-corrected chi connectivity index (χ4v) is 9.54. The molecule has 3 heterocycles. The molecule has 0 saturated heterocycles. The monoisotopic (exact) mass is 668 g/mol. The quantitative estimate of drug-likeness (QED) is 0.188. The second kappa shape index (κ2) is 10.8. The number of ether oxygens (including phenoxy) is 1. The standard InChI is InChI=1S/C47H28N2OS/c1-2-13-29(14-3-1)46-48-43(45-44(49-46)34-18-5-11-24-42(34)51-45)32-16-12-15-30(27-32)31-25-26-37-35(28-31)33-17-4-6-19-36(33)47(37)38-20-7-9-22-40(38)50-41-23-10-8-21-39(41)47/h1-28H. The summed E-state index contributed by atoms with van der Waals surface area (Å²) >= 11 is 1.76. The van der Waals surface area contributed by atoms with Gasteiger partial charge in [-0.2, -0.15) is 0 Å². The van der Waals surface area contributed by atoms with E-state index in [0.29, 0.717) is 0 Å². The third-order valence-electron chi connectivity index (χ3n) is 10.6. The number of hydrogen-bond donors (Lipinski definition) is 0. The zero-order valence-corrected chi connectivity index (χ0v) is 28.2. The van der Waals surface area contributed by atoms with Gasteiger partial charge in [0.05, 0.1) is 21.3 Å². The predicted octanol–water partition coefficient (Wildman–Crippen LogP) is 12.3. The van der Waals surface area contributed by atoms with Crippen molar-refractivity contribution in [2.75, 3.05) is 0 Å². The van der Waals surface area contributed by atoms with Crippen molar-refractivity contribution in [2.24, 2.45) is 0 Å². The molecular weight excluding hydrogens is 641 g/mol. The molecule has 1 aliphatic heterocycles. The van der Waals surface area contributed by atoms with Crippen LogP contribution >= 0.6 is 11.3 Å². The number of para-hydroxylation sites is 2. The van der Waals surface area contributed by atoms with Crippen LogP contribution in [-0.2, 0) is 5.41 Å². The Labute approximate surface area is 299 Å². The first-order valence-electron chi connectivity index (χ1n) is 17.2. The van der Waals surface area contributed by atoms with Crippen molar-refractivity contribution in [3.8, 4) is 56.4 Å². The van der Waals surface area contributed by atoms with Crippen LogP contribution in [0.15, 0.2) is 170 Å². The molecule has 0 atom stereocenters. The number of thiophene rings is 1. The molecule has 0 N–H and O–H groups in total. The number of rotatable bonds is 3. The Morgan fingerprint density at radius 2 is 1.08 bits per heavy atom. The summed E-state index contributed by atoms with van der Waals surface area (Å²) in [6.07, 6.45) is 0. The zero-order chi connectivity index (χ0) is 33.5. The molecule has 11 rings (SSSR count). The Balaban J connectivity index is 1.11. The molecule has 0 fully saturated rings. The minimum atomic E-state index is -0.473. The third-order valence-corrected chi connectivity index (χ3v) is 11.7. The average Bonchev–Trinajstić information content (AvgIpc) is 3.72. The van der Waals surface area contributed by atoms with Gasteiger partial charge in [-0.1, -0.05) is 140 Å². The van der Waals surface area contributed by atoms with Gasteiger partial charge in [-0.25, -0.2) is 9.97 Å². The lowest BCUT2D eigenvalue weighted by Crippen LogP contribution is -2.32. The van der Waals surface area contributed by atoms with E-state index in [1.807, 2.05) is 18.2 Å². The van der Waals surface area contributed by atoms with E-state index in [9.17, 15) is 0 Å². The van der Waals surface area contributed by atoms with Crippen LogP contribution in [0.5, 0.6) is 11.5 Å². The van der Waals surface area contributed by atoms with Gasteiger partial charge in [0.25, 0.3) is 0 Å². The summed E-state index contributed by atoms with van der Waals surface area (Å²) in [7, 11) is 0. The highest BCUT2D eigenvalue weighted by Gasteiger charge is 2.50. The first-order valence-corrected chi connectivity index (χ1v) is 18.1. The Morgan fingerprint density at radius 3 is 1.90 bits per heavy atom. The maximum absolute atomic E-state index is 6.52. The van der Waals surface area contributed by atoms with Crippen LogP contribution in [-0.4, -0.2) is 9.97 Å². The molecule has 2 aliphatic rings. The first kappa shape index (κ1) is 28.5. The van der Waals surface area contributed by atoms with E-state index in [-0.39, 0.29) is 0 Å². The SMILES string of the molecule is c1ccc(-c2nc(-c3cccc(-c4ccc5c(c4)-c4ccccc4C54c5ccccc5Oc5ccccc54)c3)c3sc4ccccc4c3n2)cc1. The van der Waals surface area contributed by atoms with Gasteiger partial charge < -0.3 is 4.74 Å². The van der Waals surface area contributed by atoms with Crippen molar-refractivity contribution in [1.82, 2.24) is 9.97 Å². The van der Waals surface area contributed by atoms with E-state index in [0.717, 1.165) is 55.3 Å². The lowest BCUT2D eigenvalue weighted by Gasteiger charge is -2.39. The van der Waals surface area contributed by atoms with Gasteiger partial charge in [-0.3, -0.25) is 0 Å². The van der Waals surface area contributed by atoms with Crippen LogP contribution in [0.2, 0.25) is 0 Å². The van der Waals surface area contributed by atoms with Crippen molar-refractivity contribution >= 4 is 31.6 Å². The molecule has 0 bridgehead atoms. The summed E-state index contributed by atoms with van der Waals surface area (Å²) in [5.41, 5.74) is 13.3. The van der Waals surface area contributed by atoms with E-state index in [4.69, 9.17) is 14.7 Å². The predicted molar refractivity (Wildman–Crippen MR) is 209 cm³/mol. The number of fused-ring (bicyclic) bond motifs is 12. The van der Waals surface area contributed by atoms with Gasteiger partial charge in [-0.15, -0.1) is 11.3 Å². The summed E-state index contributed by atoms with van der Waals surface area (Å²) in [6.45, 7) is 0. The van der Waals surface area contributed by atoms with Crippen LogP contribution < -0.4 is 4.74 Å². The molecule has 1 aliphatic carbocycles. The number of aromatic nitrogens is 2. The first-order chi connectivity index (χ1) is 25.3. The lowest BCUT2D eigenvalue weighted by atomic mass is 9.66. The van der Waals surface area contributed by atoms with Gasteiger partial charge in [0.1, 0.15) is 11.5 Å². The van der Waals surface area contributed by atoms with Crippen LogP contribution in [0, 0.1) is 0 Å². The molecule has 0 amide bonds. The van der Waals surface area contributed by atoms with Gasteiger partial charge >= 0.3 is 0 Å². The van der Waals surface area contributed by atoms with Gasteiger partial charge in [0, 0.05) is 32.3 Å². The fraction of sp³-hybridized carbons (Fsp3) is 0.0213. The highest BCUT2D eigenvalue weighted by Crippen LogP contribution is 2.62. The van der Waals surface area contributed by atoms with E-state index in [1.54, 1.807) is 11.3 Å². The van der Waals surface area contributed by atoms with Crippen molar-refractivity contribution in [1.29, 1.82) is 0 Å². The highest BCUT2D eigenvalue weighted by molar-refractivity contribution is 7.26. The third kappa shape index (κ3) is 4.05. The van der Waals surface area contributed by atoms with Crippen LogP contribution in [0.1, 0.15) is 22.3 Å². The van der Waals surface area contributed by atoms with Gasteiger partial charge in [0.15, 0.2) is 5.82 Å². The van der Waals surface area contributed by atoms with E-state index in [2.05, 4.69) is 152 Å².